The van der Waals surface area contributed by atoms with Gasteiger partial charge in [-0.2, -0.15) is 0 Å². The number of hydrogen-bond acceptors (Lipinski definition) is 6. The molecule has 138 valence electrons. The Labute approximate surface area is 156 Å². The first-order chi connectivity index (χ1) is 12.4. The van der Waals surface area contributed by atoms with Crippen molar-refractivity contribution in [1.29, 1.82) is 0 Å². The van der Waals surface area contributed by atoms with Gasteiger partial charge in [0.2, 0.25) is 6.79 Å². The van der Waals surface area contributed by atoms with E-state index in [1.807, 2.05) is 6.07 Å². The van der Waals surface area contributed by atoms with Crippen LogP contribution in [0.25, 0.3) is 0 Å². The molecule has 2 aromatic carbocycles. The van der Waals surface area contributed by atoms with Crippen LogP contribution < -0.4 is 15.2 Å². The molecule has 4 rings (SSSR count). The normalized spacial score (nSPS) is 26.7. The van der Waals surface area contributed by atoms with E-state index in [1.165, 1.54) is 19.2 Å². The fourth-order valence-corrected chi connectivity index (χ4v) is 6.09. The summed E-state index contributed by atoms with van der Waals surface area (Å²) in [6.07, 6.45) is 0. The fourth-order valence-electron chi connectivity index (χ4n) is 3.68. The summed E-state index contributed by atoms with van der Waals surface area (Å²) in [6, 6.07) is 11.5. The molecule has 1 aliphatic carbocycles. The predicted molar refractivity (Wildman–Crippen MR) is 96.5 cm³/mol. The first-order valence-corrected chi connectivity index (χ1v) is 9.97. The van der Waals surface area contributed by atoms with Crippen LogP contribution in [0.4, 0.5) is 0 Å². The molecule has 2 aliphatic rings. The Hall–Kier alpha value is -1.80. The molecular formula is C18H18ClNO5S. The highest BCUT2D eigenvalue weighted by Gasteiger charge is 2.69. The van der Waals surface area contributed by atoms with Gasteiger partial charge in [-0.3, -0.25) is 0 Å². The molecule has 0 saturated heterocycles. The number of ether oxygens (including phenoxy) is 3. The number of sulfone groups is 1. The summed E-state index contributed by atoms with van der Waals surface area (Å²) in [4.78, 5) is 0.195. The number of halogens is 1. The smallest absolute Gasteiger partial charge is 0.231 e. The van der Waals surface area contributed by atoms with Crippen LogP contribution in [-0.2, 0) is 14.6 Å². The molecule has 8 heteroatoms. The standard InChI is InChI=1S/C18H18ClNO5S/c1-23-9-18(20)16(11-2-7-14-15(8-11)25-10-24-14)17(18)26(21,22)13-5-3-12(19)4-6-13/h2-8,16-17H,9-10,20H2,1H3/t16-,17+,18+/m1/s1. The molecule has 1 saturated carbocycles. The first kappa shape index (κ1) is 17.6. The second-order valence-electron chi connectivity index (χ2n) is 6.56. The third-order valence-electron chi connectivity index (χ3n) is 4.93. The fraction of sp³-hybridized carbons (Fsp3) is 0.333. The molecular weight excluding hydrogens is 378 g/mol. The van der Waals surface area contributed by atoms with E-state index < -0.39 is 26.5 Å². The number of rotatable bonds is 5. The Bertz CT molecular complexity index is 947. The third kappa shape index (κ3) is 2.66. The largest absolute Gasteiger partial charge is 0.454 e. The molecule has 0 aromatic heterocycles. The van der Waals surface area contributed by atoms with Crippen LogP contribution in [0, 0.1) is 0 Å². The van der Waals surface area contributed by atoms with Crippen molar-refractivity contribution in [3.63, 3.8) is 0 Å². The Balaban J connectivity index is 1.73. The number of nitrogens with two attached hydrogens (primary N) is 1. The number of methoxy groups -OCH3 is 1. The molecule has 1 fully saturated rings. The first-order valence-electron chi connectivity index (χ1n) is 8.05. The van der Waals surface area contributed by atoms with Crippen molar-refractivity contribution >= 4 is 21.4 Å². The van der Waals surface area contributed by atoms with Gasteiger partial charge in [-0.05, 0) is 42.0 Å². The van der Waals surface area contributed by atoms with E-state index in [2.05, 4.69) is 0 Å². The summed E-state index contributed by atoms with van der Waals surface area (Å²) < 4.78 is 42.3. The van der Waals surface area contributed by atoms with E-state index in [1.54, 1.807) is 24.3 Å². The van der Waals surface area contributed by atoms with Gasteiger partial charge < -0.3 is 19.9 Å². The molecule has 0 bridgehead atoms. The van der Waals surface area contributed by atoms with Crippen LogP contribution >= 0.6 is 11.6 Å². The molecule has 0 unspecified atom stereocenters. The molecule has 2 N–H and O–H groups in total. The zero-order chi connectivity index (χ0) is 18.5. The maximum absolute atomic E-state index is 13.2. The minimum atomic E-state index is -3.66. The lowest BCUT2D eigenvalue weighted by Crippen LogP contribution is -2.35. The van der Waals surface area contributed by atoms with Crippen molar-refractivity contribution in [2.45, 2.75) is 21.6 Å². The van der Waals surface area contributed by atoms with Gasteiger partial charge in [0.05, 0.1) is 22.3 Å². The summed E-state index contributed by atoms with van der Waals surface area (Å²) in [5.74, 6) is 0.829. The summed E-state index contributed by atoms with van der Waals surface area (Å²) in [6.45, 7) is 0.283. The molecule has 6 nitrogen and oxygen atoms in total. The van der Waals surface area contributed by atoms with E-state index in [-0.39, 0.29) is 18.3 Å². The lowest BCUT2D eigenvalue weighted by molar-refractivity contribution is 0.171. The van der Waals surface area contributed by atoms with E-state index in [9.17, 15) is 8.42 Å². The van der Waals surface area contributed by atoms with Crippen LogP contribution in [0.3, 0.4) is 0 Å². The van der Waals surface area contributed by atoms with Gasteiger partial charge in [-0.1, -0.05) is 17.7 Å². The molecule has 0 amide bonds. The van der Waals surface area contributed by atoms with Crippen molar-refractivity contribution in [2.75, 3.05) is 20.5 Å². The van der Waals surface area contributed by atoms with Gasteiger partial charge in [-0.15, -0.1) is 0 Å². The van der Waals surface area contributed by atoms with Crippen LogP contribution in [0.15, 0.2) is 47.4 Å². The monoisotopic (exact) mass is 395 g/mol. The minimum Gasteiger partial charge on any atom is -0.454 e. The topological polar surface area (TPSA) is 87.8 Å². The van der Waals surface area contributed by atoms with Crippen molar-refractivity contribution in [3.8, 4) is 11.5 Å². The quantitative estimate of drug-likeness (QED) is 0.836. The summed E-state index contributed by atoms with van der Waals surface area (Å²) in [7, 11) is -2.15. The van der Waals surface area contributed by atoms with Gasteiger partial charge in [-0.25, -0.2) is 8.42 Å². The highest BCUT2D eigenvalue weighted by atomic mass is 35.5. The zero-order valence-corrected chi connectivity index (χ0v) is 15.6. The van der Waals surface area contributed by atoms with Crippen molar-refractivity contribution < 1.29 is 22.6 Å². The SMILES string of the molecule is COC[C@]1(N)[C@H](c2ccc3c(c2)OCO3)[C@@H]1S(=O)(=O)c1ccc(Cl)cc1. The zero-order valence-electron chi connectivity index (χ0n) is 14.0. The Kier molecular flexibility index (Phi) is 4.15. The Morgan fingerprint density at radius 3 is 2.58 bits per heavy atom. The van der Waals surface area contributed by atoms with Crippen LogP contribution in [0.2, 0.25) is 5.02 Å². The highest BCUT2D eigenvalue weighted by molar-refractivity contribution is 7.92. The third-order valence-corrected chi connectivity index (χ3v) is 7.49. The highest BCUT2D eigenvalue weighted by Crippen LogP contribution is 2.56. The van der Waals surface area contributed by atoms with Crippen LogP contribution in [0.1, 0.15) is 11.5 Å². The maximum atomic E-state index is 13.2. The minimum absolute atomic E-state index is 0.129. The molecule has 2 aromatic rings. The second kappa shape index (κ2) is 6.13. The number of benzene rings is 2. The van der Waals surface area contributed by atoms with Gasteiger partial charge in [0, 0.05) is 18.1 Å². The van der Waals surface area contributed by atoms with Crippen molar-refractivity contribution in [3.05, 3.63) is 53.1 Å². The molecule has 0 radical (unpaired) electrons. The van der Waals surface area contributed by atoms with E-state index in [4.69, 9.17) is 31.5 Å². The lowest BCUT2D eigenvalue weighted by atomic mass is 10.1. The van der Waals surface area contributed by atoms with Crippen LogP contribution in [-0.4, -0.2) is 39.7 Å². The second-order valence-corrected chi connectivity index (χ2v) is 9.06. The number of hydrogen-bond donors (Lipinski definition) is 1. The van der Waals surface area contributed by atoms with E-state index in [0.29, 0.717) is 16.5 Å². The lowest BCUT2D eigenvalue weighted by Gasteiger charge is -2.11. The molecule has 26 heavy (non-hydrogen) atoms. The van der Waals surface area contributed by atoms with Gasteiger partial charge in [0.25, 0.3) is 0 Å². The summed E-state index contributed by atoms with van der Waals surface area (Å²) in [5, 5.41) is -0.320. The van der Waals surface area contributed by atoms with Crippen molar-refractivity contribution in [1.82, 2.24) is 0 Å². The number of fused-ring (bicyclic) bond motifs is 1. The molecule has 1 heterocycles. The summed E-state index contributed by atoms with van der Waals surface area (Å²) in [5.41, 5.74) is 6.25. The molecule has 0 spiro atoms. The van der Waals surface area contributed by atoms with E-state index >= 15 is 0 Å². The average Bonchev–Trinajstić information content (AvgIpc) is 2.99. The average molecular weight is 396 g/mol. The van der Waals surface area contributed by atoms with Gasteiger partial charge in [0.15, 0.2) is 21.3 Å². The van der Waals surface area contributed by atoms with Gasteiger partial charge >= 0.3 is 0 Å². The predicted octanol–water partition coefficient (Wildman–Crippen LogP) is 2.35. The molecule has 1 aliphatic heterocycles. The van der Waals surface area contributed by atoms with Crippen molar-refractivity contribution in [2.24, 2.45) is 5.73 Å². The Morgan fingerprint density at radius 2 is 1.88 bits per heavy atom. The Morgan fingerprint density at radius 1 is 1.19 bits per heavy atom. The van der Waals surface area contributed by atoms with Crippen LogP contribution in [0.5, 0.6) is 11.5 Å². The van der Waals surface area contributed by atoms with Gasteiger partial charge in [0.1, 0.15) is 0 Å². The van der Waals surface area contributed by atoms with E-state index in [0.717, 1.165) is 5.56 Å². The summed E-state index contributed by atoms with van der Waals surface area (Å²) >= 11 is 5.88. The molecule has 3 atom stereocenters. The maximum Gasteiger partial charge on any atom is 0.231 e.